The first-order valence-corrected chi connectivity index (χ1v) is 8.99. The standard InChI is InChI=1S/C19H20N2O2S/c1-23-17-5-3-2-4-15(17)12-14-6-9-21(10-7-14)19(22)18-16(13-20)8-11-24-18/h2-5,8,11,14H,6-7,9-10,12H2,1H3. The summed E-state index contributed by atoms with van der Waals surface area (Å²) in [5, 5.41) is 10.9. The molecule has 0 unspecified atom stereocenters. The number of ether oxygens (including phenoxy) is 1. The monoisotopic (exact) mass is 340 g/mol. The van der Waals surface area contributed by atoms with Crippen LogP contribution >= 0.6 is 11.3 Å². The summed E-state index contributed by atoms with van der Waals surface area (Å²) in [6.07, 6.45) is 2.95. The number of likely N-dealkylation sites (tertiary alicyclic amines) is 1. The van der Waals surface area contributed by atoms with Crippen molar-refractivity contribution in [1.82, 2.24) is 4.90 Å². The number of para-hydroxylation sites is 1. The van der Waals surface area contributed by atoms with E-state index in [1.165, 1.54) is 16.9 Å². The number of piperidine rings is 1. The number of amides is 1. The lowest BCUT2D eigenvalue weighted by Crippen LogP contribution is -2.38. The molecule has 1 saturated heterocycles. The maximum Gasteiger partial charge on any atom is 0.265 e. The van der Waals surface area contributed by atoms with Crippen molar-refractivity contribution in [2.24, 2.45) is 5.92 Å². The van der Waals surface area contributed by atoms with Gasteiger partial charge in [-0.2, -0.15) is 5.26 Å². The lowest BCUT2D eigenvalue weighted by atomic mass is 9.89. The fraction of sp³-hybridized carbons (Fsp3) is 0.368. The molecular formula is C19H20N2O2S. The van der Waals surface area contributed by atoms with Gasteiger partial charge in [-0.15, -0.1) is 11.3 Å². The molecule has 0 spiro atoms. The zero-order valence-corrected chi connectivity index (χ0v) is 14.5. The summed E-state index contributed by atoms with van der Waals surface area (Å²) in [5.41, 5.74) is 1.72. The van der Waals surface area contributed by atoms with Crippen molar-refractivity contribution in [3.8, 4) is 11.8 Å². The van der Waals surface area contributed by atoms with Gasteiger partial charge >= 0.3 is 0 Å². The Morgan fingerprint density at radius 3 is 2.79 bits per heavy atom. The molecule has 1 aromatic heterocycles. The summed E-state index contributed by atoms with van der Waals surface area (Å²) in [6, 6.07) is 11.9. The molecular weight excluding hydrogens is 320 g/mol. The summed E-state index contributed by atoms with van der Waals surface area (Å²) in [7, 11) is 1.70. The van der Waals surface area contributed by atoms with Crippen LogP contribution < -0.4 is 4.74 Å². The number of rotatable bonds is 4. The van der Waals surface area contributed by atoms with Gasteiger partial charge in [0.2, 0.25) is 0 Å². The van der Waals surface area contributed by atoms with E-state index in [2.05, 4.69) is 12.1 Å². The summed E-state index contributed by atoms with van der Waals surface area (Å²) in [6.45, 7) is 1.50. The summed E-state index contributed by atoms with van der Waals surface area (Å²) < 4.78 is 5.43. The predicted octanol–water partition coefficient (Wildman–Crippen LogP) is 3.72. The molecule has 2 heterocycles. The number of carbonyl (C=O) groups is 1. The number of nitriles is 1. The highest BCUT2D eigenvalue weighted by Gasteiger charge is 2.26. The SMILES string of the molecule is COc1ccccc1CC1CCN(C(=O)c2sccc2C#N)CC1. The van der Waals surface area contributed by atoms with E-state index in [0.717, 1.165) is 38.1 Å². The van der Waals surface area contributed by atoms with Gasteiger partial charge in [-0.25, -0.2) is 0 Å². The Kier molecular flexibility index (Phi) is 5.17. The second-order valence-electron chi connectivity index (χ2n) is 6.03. The molecule has 0 N–H and O–H groups in total. The van der Waals surface area contributed by atoms with Gasteiger partial charge in [0, 0.05) is 13.1 Å². The molecule has 1 fully saturated rings. The highest BCUT2D eigenvalue weighted by Crippen LogP contribution is 2.28. The molecule has 0 radical (unpaired) electrons. The van der Waals surface area contributed by atoms with Crippen molar-refractivity contribution < 1.29 is 9.53 Å². The number of thiophene rings is 1. The van der Waals surface area contributed by atoms with Crippen molar-refractivity contribution in [3.05, 3.63) is 51.7 Å². The molecule has 4 nitrogen and oxygen atoms in total. The zero-order valence-electron chi connectivity index (χ0n) is 13.7. The van der Waals surface area contributed by atoms with Gasteiger partial charge < -0.3 is 9.64 Å². The van der Waals surface area contributed by atoms with Crippen molar-refractivity contribution in [1.29, 1.82) is 5.26 Å². The molecule has 5 heteroatoms. The average molecular weight is 340 g/mol. The summed E-state index contributed by atoms with van der Waals surface area (Å²) >= 11 is 1.35. The Bertz CT molecular complexity index is 755. The van der Waals surface area contributed by atoms with E-state index in [9.17, 15) is 4.79 Å². The van der Waals surface area contributed by atoms with Crippen LogP contribution in [-0.2, 0) is 6.42 Å². The maximum absolute atomic E-state index is 12.6. The molecule has 2 aromatic rings. The van der Waals surface area contributed by atoms with Crippen molar-refractivity contribution >= 4 is 17.2 Å². The second kappa shape index (κ2) is 7.50. The Morgan fingerprint density at radius 2 is 2.08 bits per heavy atom. The van der Waals surface area contributed by atoms with Gasteiger partial charge in [-0.3, -0.25) is 4.79 Å². The Morgan fingerprint density at radius 1 is 1.33 bits per heavy atom. The lowest BCUT2D eigenvalue weighted by molar-refractivity contribution is 0.0695. The smallest absolute Gasteiger partial charge is 0.265 e. The Hall–Kier alpha value is -2.32. The number of methoxy groups -OCH3 is 1. The number of benzene rings is 1. The third kappa shape index (κ3) is 3.44. The summed E-state index contributed by atoms with van der Waals surface area (Å²) in [5.74, 6) is 1.50. The topological polar surface area (TPSA) is 53.3 Å². The van der Waals surface area contributed by atoms with Crippen LogP contribution in [0.3, 0.4) is 0 Å². The first kappa shape index (κ1) is 16.5. The molecule has 0 atom stereocenters. The van der Waals surface area contributed by atoms with Gasteiger partial charge in [-0.1, -0.05) is 18.2 Å². The zero-order chi connectivity index (χ0) is 16.9. The van der Waals surface area contributed by atoms with Crippen LogP contribution in [-0.4, -0.2) is 31.0 Å². The molecule has 0 bridgehead atoms. The number of nitrogens with zero attached hydrogens (tertiary/aromatic N) is 2. The highest BCUT2D eigenvalue weighted by molar-refractivity contribution is 7.12. The molecule has 0 saturated carbocycles. The lowest BCUT2D eigenvalue weighted by Gasteiger charge is -2.32. The summed E-state index contributed by atoms with van der Waals surface area (Å²) in [4.78, 5) is 15.0. The molecule has 1 aliphatic heterocycles. The van der Waals surface area contributed by atoms with E-state index < -0.39 is 0 Å². The molecule has 24 heavy (non-hydrogen) atoms. The first-order valence-electron chi connectivity index (χ1n) is 8.11. The van der Waals surface area contributed by atoms with E-state index in [4.69, 9.17) is 10.00 Å². The highest BCUT2D eigenvalue weighted by atomic mass is 32.1. The average Bonchev–Trinajstić information content (AvgIpc) is 3.11. The van der Waals surface area contributed by atoms with Crippen LogP contribution in [0.5, 0.6) is 5.75 Å². The van der Waals surface area contributed by atoms with Gasteiger partial charge in [0.05, 0.1) is 12.7 Å². The number of hydrogen-bond acceptors (Lipinski definition) is 4. The Balaban J connectivity index is 1.60. The fourth-order valence-corrected chi connectivity index (χ4v) is 4.04. The van der Waals surface area contributed by atoms with E-state index in [0.29, 0.717) is 16.4 Å². The number of carbonyl (C=O) groups excluding carboxylic acids is 1. The van der Waals surface area contributed by atoms with Crippen LogP contribution in [0.1, 0.15) is 33.6 Å². The van der Waals surface area contributed by atoms with Crippen LogP contribution in [0.25, 0.3) is 0 Å². The van der Waals surface area contributed by atoms with Crippen LogP contribution in [0.15, 0.2) is 35.7 Å². The molecule has 1 aromatic carbocycles. The molecule has 0 aliphatic carbocycles. The van der Waals surface area contributed by atoms with Gasteiger partial charge in [0.15, 0.2) is 0 Å². The molecule has 3 rings (SSSR count). The van der Waals surface area contributed by atoms with Gasteiger partial charge in [0.25, 0.3) is 5.91 Å². The minimum atomic E-state index is -0.00251. The Labute approximate surface area is 146 Å². The third-order valence-electron chi connectivity index (χ3n) is 4.58. The normalized spacial score (nSPS) is 15.1. The quantitative estimate of drug-likeness (QED) is 0.852. The van der Waals surface area contributed by atoms with E-state index in [1.807, 2.05) is 23.1 Å². The van der Waals surface area contributed by atoms with Gasteiger partial charge in [0.1, 0.15) is 16.7 Å². The third-order valence-corrected chi connectivity index (χ3v) is 5.49. The minimum absolute atomic E-state index is 0.00251. The molecule has 1 aliphatic rings. The minimum Gasteiger partial charge on any atom is -0.496 e. The largest absolute Gasteiger partial charge is 0.496 e. The van der Waals surface area contributed by atoms with E-state index in [-0.39, 0.29) is 5.91 Å². The maximum atomic E-state index is 12.6. The van der Waals surface area contributed by atoms with Crippen LogP contribution in [0.2, 0.25) is 0 Å². The van der Waals surface area contributed by atoms with Gasteiger partial charge in [-0.05, 0) is 48.3 Å². The fourth-order valence-electron chi connectivity index (χ4n) is 3.23. The van der Waals surface area contributed by atoms with E-state index in [1.54, 1.807) is 18.6 Å². The molecule has 1 amide bonds. The van der Waals surface area contributed by atoms with Crippen molar-refractivity contribution in [2.75, 3.05) is 20.2 Å². The molecule has 124 valence electrons. The van der Waals surface area contributed by atoms with E-state index >= 15 is 0 Å². The first-order chi connectivity index (χ1) is 11.7. The van der Waals surface area contributed by atoms with Crippen LogP contribution in [0, 0.1) is 17.2 Å². The van der Waals surface area contributed by atoms with Crippen LogP contribution in [0.4, 0.5) is 0 Å². The predicted molar refractivity (Wildman–Crippen MR) is 94.4 cm³/mol. The van der Waals surface area contributed by atoms with Crippen molar-refractivity contribution in [2.45, 2.75) is 19.3 Å². The number of hydrogen-bond donors (Lipinski definition) is 0. The second-order valence-corrected chi connectivity index (χ2v) is 6.94. The van der Waals surface area contributed by atoms with Crippen molar-refractivity contribution in [3.63, 3.8) is 0 Å².